The average Bonchev–Trinajstić information content (AvgIpc) is 3.22. The lowest BCUT2D eigenvalue weighted by molar-refractivity contribution is -0.157. The lowest BCUT2D eigenvalue weighted by Crippen LogP contribution is -2.64. The molecule has 132 valence electrons. The van der Waals surface area contributed by atoms with Gasteiger partial charge in [-0.3, -0.25) is 9.59 Å². The number of anilines is 1. The Balaban J connectivity index is 1.44. The first-order valence-electron chi connectivity index (χ1n) is 8.80. The highest BCUT2D eigenvalue weighted by Crippen LogP contribution is 2.32. The van der Waals surface area contributed by atoms with Crippen LogP contribution in [0.2, 0.25) is 0 Å². The van der Waals surface area contributed by atoms with Crippen LogP contribution in [0, 0.1) is 6.92 Å². The van der Waals surface area contributed by atoms with Crippen molar-refractivity contribution in [2.24, 2.45) is 0 Å². The molecule has 0 spiro atoms. The summed E-state index contributed by atoms with van der Waals surface area (Å²) >= 11 is 0. The molecule has 25 heavy (non-hydrogen) atoms. The number of urea groups is 1. The molecule has 3 saturated heterocycles. The third-order valence-corrected chi connectivity index (χ3v) is 5.38. The van der Waals surface area contributed by atoms with Gasteiger partial charge in [-0.15, -0.1) is 0 Å². The third kappa shape index (κ3) is 2.73. The van der Waals surface area contributed by atoms with Crippen LogP contribution in [0.3, 0.4) is 0 Å². The Kier molecular flexibility index (Phi) is 3.86. The molecule has 0 aliphatic carbocycles. The van der Waals surface area contributed by atoms with Crippen LogP contribution in [0.25, 0.3) is 0 Å². The fourth-order valence-electron chi connectivity index (χ4n) is 4.12. The molecular formula is C18H22N4O3. The summed E-state index contributed by atoms with van der Waals surface area (Å²) in [7, 11) is 0. The van der Waals surface area contributed by atoms with Crippen molar-refractivity contribution in [2.45, 2.75) is 44.3 Å². The van der Waals surface area contributed by atoms with Crippen molar-refractivity contribution in [2.75, 3.05) is 18.4 Å². The van der Waals surface area contributed by atoms with Gasteiger partial charge in [-0.05, 0) is 38.3 Å². The summed E-state index contributed by atoms with van der Waals surface area (Å²) < 4.78 is 0. The van der Waals surface area contributed by atoms with Crippen molar-refractivity contribution >= 4 is 23.5 Å². The first-order valence-corrected chi connectivity index (χ1v) is 8.80. The highest BCUT2D eigenvalue weighted by atomic mass is 16.2. The zero-order valence-electron chi connectivity index (χ0n) is 14.2. The van der Waals surface area contributed by atoms with E-state index in [2.05, 4.69) is 10.6 Å². The molecule has 0 unspecified atom stereocenters. The van der Waals surface area contributed by atoms with Crippen LogP contribution in [0.1, 0.15) is 24.8 Å². The van der Waals surface area contributed by atoms with Crippen molar-refractivity contribution < 1.29 is 14.4 Å². The van der Waals surface area contributed by atoms with E-state index in [0.717, 1.165) is 18.4 Å². The number of hydrogen-bond acceptors (Lipinski definition) is 3. The van der Waals surface area contributed by atoms with Crippen molar-refractivity contribution in [1.29, 1.82) is 0 Å². The van der Waals surface area contributed by atoms with E-state index in [4.69, 9.17) is 0 Å². The van der Waals surface area contributed by atoms with Crippen LogP contribution < -0.4 is 10.6 Å². The molecule has 3 fully saturated rings. The number of rotatable bonds is 2. The van der Waals surface area contributed by atoms with Crippen LogP contribution in [0.5, 0.6) is 0 Å². The Morgan fingerprint density at radius 3 is 2.56 bits per heavy atom. The second-order valence-electron chi connectivity index (χ2n) is 7.03. The molecule has 1 aromatic rings. The minimum atomic E-state index is -0.564. The van der Waals surface area contributed by atoms with Crippen LogP contribution in [-0.4, -0.2) is 58.9 Å². The van der Waals surface area contributed by atoms with E-state index in [-0.39, 0.29) is 29.9 Å². The van der Waals surface area contributed by atoms with Crippen molar-refractivity contribution in [3.8, 4) is 0 Å². The summed E-state index contributed by atoms with van der Waals surface area (Å²) in [5.41, 5.74) is 1.81. The normalized spacial score (nSPS) is 28.0. The van der Waals surface area contributed by atoms with Crippen LogP contribution in [0.15, 0.2) is 24.3 Å². The smallest absolute Gasteiger partial charge is 0.319 e. The fourth-order valence-corrected chi connectivity index (χ4v) is 4.12. The minimum Gasteiger partial charge on any atom is -0.332 e. The van der Waals surface area contributed by atoms with E-state index in [1.54, 1.807) is 9.80 Å². The molecule has 3 aliphatic rings. The maximum Gasteiger partial charge on any atom is 0.319 e. The van der Waals surface area contributed by atoms with Crippen LogP contribution in [-0.2, 0) is 9.59 Å². The number of piperazine rings is 1. The minimum absolute atomic E-state index is 0.0276. The van der Waals surface area contributed by atoms with E-state index < -0.39 is 6.04 Å². The number of amides is 4. The van der Waals surface area contributed by atoms with E-state index in [1.165, 1.54) is 0 Å². The van der Waals surface area contributed by atoms with Gasteiger partial charge in [-0.1, -0.05) is 17.7 Å². The van der Waals surface area contributed by atoms with Crippen molar-refractivity contribution in [3.05, 3.63) is 29.8 Å². The third-order valence-electron chi connectivity index (χ3n) is 5.38. The molecular weight excluding hydrogens is 320 g/mol. The summed E-state index contributed by atoms with van der Waals surface area (Å²) in [6.07, 6.45) is 2.22. The first-order chi connectivity index (χ1) is 12.0. The van der Waals surface area contributed by atoms with E-state index in [0.29, 0.717) is 25.2 Å². The van der Waals surface area contributed by atoms with E-state index in [9.17, 15) is 14.4 Å². The topological polar surface area (TPSA) is 81.8 Å². The summed E-state index contributed by atoms with van der Waals surface area (Å²) in [4.78, 5) is 41.0. The Morgan fingerprint density at radius 2 is 1.80 bits per heavy atom. The first kappa shape index (κ1) is 15.9. The molecule has 0 radical (unpaired) electrons. The van der Waals surface area contributed by atoms with Gasteiger partial charge in [0.25, 0.3) is 0 Å². The predicted molar refractivity (Wildman–Crippen MR) is 92.0 cm³/mol. The summed E-state index contributed by atoms with van der Waals surface area (Å²) in [6.45, 7) is 3.14. The highest BCUT2D eigenvalue weighted by Gasteiger charge is 2.53. The molecule has 3 atom stereocenters. The van der Waals surface area contributed by atoms with Gasteiger partial charge < -0.3 is 20.4 Å². The van der Waals surface area contributed by atoms with Gasteiger partial charge in [0.1, 0.15) is 12.1 Å². The Hall–Kier alpha value is -2.57. The zero-order valence-corrected chi connectivity index (χ0v) is 14.2. The molecule has 1 aromatic carbocycles. The fraction of sp³-hybridized carbons (Fsp3) is 0.500. The quantitative estimate of drug-likeness (QED) is 0.844. The average molecular weight is 342 g/mol. The molecule has 3 heterocycles. The van der Waals surface area contributed by atoms with Gasteiger partial charge in [0.15, 0.2) is 0 Å². The van der Waals surface area contributed by atoms with E-state index >= 15 is 0 Å². The summed E-state index contributed by atoms with van der Waals surface area (Å²) in [6, 6.07) is 5.96. The number of aryl methyl sites for hydroxylation is 1. The Bertz CT molecular complexity index is 718. The predicted octanol–water partition coefficient (Wildman–Crippen LogP) is 1.09. The maximum absolute atomic E-state index is 12.8. The number of carbonyl (C=O) groups excluding carboxylic acids is 3. The summed E-state index contributed by atoms with van der Waals surface area (Å²) in [5, 5.41) is 5.67. The second kappa shape index (κ2) is 6.06. The molecule has 0 bridgehead atoms. The van der Waals surface area contributed by atoms with Gasteiger partial charge in [0.2, 0.25) is 11.8 Å². The van der Waals surface area contributed by atoms with Gasteiger partial charge in [-0.2, -0.15) is 0 Å². The molecule has 4 amide bonds. The van der Waals surface area contributed by atoms with Gasteiger partial charge in [0, 0.05) is 18.8 Å². The van der Waals surface area contributed by atoms with Gasteiger partial charge in [0.05, 0.1) is 6.04 Å². The number of nitrogens with zero attached hydrogens (tertiary/aromatic N) is 2. The van der Waals surface area contributed by atoms with Crippen molar-refractivity contribution in [3.63, 3.8) is 0 Å². The van der Waals surface area contributed by atoms with Gasteiger partial charge >= 0.3 is 6.03 Å². The molecule has 0 saturated carbocycles. The van der Waals surface area contributed by atoms with E-state index in [1.807, 2.05) is 31.2 Å². The van der Waals surface area contributed by atoms with Gasteiger partial charge in [-0.25, -0.2) is 4.79 Å². The number of fused-ring (bicyclic) bond motifs is 2. The largest absolute Gasteiger partial charge is 0.332 e. The summed E-state index contributed by atoms with van der Waals surface area (Å²) in [5.74, 6) is 0.00517. The lowest BCUT2D eigenvalue weighted by Gasteiger charge is -2.40. The SMILES string of the molecule is Cc1ccc(NC(=O)N[C@H]2CCN3C(=O)[C@H]4CCCN4C(=O)[C@H]23)cc1. The second-order valence-corrected chi connectivity index (χ2v) is 7.03. The zero-order chi connectivity index (χ0) is 17.6. The van der Waals surface area contributed by atoms with Crippen LogP contribution >= 0.6 is 0 Å². The number of carbonyl (C=O) groups is 3. The molecule has 7 nitrogen and oxygen atoms in total. The molecule has 2 N–H and O–H groups in total. The molecule has 7 heteroatoms. The number of hydrogen-bond donors (Lipinski definition) is 2. The Morgan fingerprint density at radius 1 is 1.04 bits per heavy atom. The highest BCUT2D eigenvalue weighted by molar-refractivity contribution is 5.99. The standard InChI is InChI=1S/C18H22N4O3/c1-11-4-6-12(7-5-11)19-18(25)20-13-8-10-22-15(13)17(24)21-9-2-3-14(21)16(22)23/h4-7,13-15H,2-3,8-10H2,1H3,(H2,19,20,25)/t13-,14+,15-/m0/s1. The molecule has 3 aliphatic heterocycles. The van der Waals surface area contributed by atoms with Crippen molar-refractivity contribution in [1.82, 2.24) is 15.1 Å². The Labute approximate surface area is 146 Å². The monoisotopic (exact) mass is 342 g/mol. The lowest BCUT2D eigenvalue weighted by atomic mass is 10.0. The maximum atomic E-state index is 12.8. The van der Waals surface area contributed by atoms with Crippen LogP contribution in [0.4, 0.5) is 10.5 Å². The molecule has 4 rings (SSSR count). The number of nitrogens with one attached hydrogen (secondary N) is 2. The molecule has 0 aromatic heterocycles. The number of benzene rings is 1.